The van der Waals surface area contributed by atoms with Crippen LogP contribution in [0, 0.1) is 18.3 Å². The minimum Gasteiger partial charge on any atom is -0.341 e. The Morgan fingerprint density at radius 2 is 2.29 bits per heavy atom. The van der Waals surface area contributed by atoms with Crippen molar-refractivity contribution in [3.8, 4) is 12.3 Å². The highest BCUT2D eigenvalue weighted by molar-refractivity contribution is 5.76. The van der Waals surface area contributed by atoms with E-state index in [1.165, 1.54) is 12.8 Å². The van der Waals surface area contributed by atoms with E-state index >= 15 is 0 Å². The van der Waals surface area contributed by atoms with Crippen molar-refractivity contribution in [1.29, 1.82) is 0 Å². The van der Waals surface area contributed by atoms with Gasteiger partial charge in [0.1, 0.15) is 0 Å². The van der Waals surface area contributed by atoms with Crippen molar-refractivity contribution < 1.29 is 4.79 Å². The highest BCUT2D eigenvalue weighted by atomic mass is 16.2. The number of piperidine rings is 1. The van der Waals surface area contributed by atoms with Gasteiger partial charge in [0.25, 0.3) is 0 Å². The lowest BCUT2D eigenvalue weighted by atomic mass is 9.94. The summed E-state index contributed by atoms with van der Waals surface area (Å²) < 4.78 is 0. The molecule has 3 heteroatoms. The molecule has 1 N–H and O–H groups in total. The Bertz CT molecular complexity index is 294. The number of rotatable bonds is 4. The molecule has 3 nitrogen and oxygen atoms in total. The number of carbonyl (C=O) groups excluding carboxylic acids is 1. The van der Waals surface area contributed by atoms with Gasteiger partial charge in [-0.05, 0) is 38.1 Å². The van der Waals surface area contributed by atoms with Crippen molar-refractivity contribution in [2.45, 2.75) is 44.6 Å². The van der Waals surface area contributed by atoms with Gasteiger partial charge in [-0.15, -0.1) is 12.3 Å². The molecule has 0 bridgehead atoms. The molecule has 0 aromatic carbocycles. The molecule has 0 spiro atoms. The number of unbranched alkanes of at least 4 members (excludes halogenated alkanes) is 2. The summed E-state index contributed by atoms with van der Waals surface area (Å²) in [5.41, 5.74) is 0. The molecule has 0 aromatic rings. The van der Waals surface area contributed by atoms with Gasteiger partial charge in [0, 0.05) is 32.0 Å². The molecule has 0 aliphatic carbocycles. The van der Waals surface area contributed by atoms with E-state index < -0.39 is 0 Å². The second-order valence-corrected chi connectivity index (χ2v) is 5.17. The van der Waals surface area contributed by atoms with Gasteiger partial charge in [0.05, 0.1) is 0 Å². The smallest absolute Gasteiger partial charge is 0.222 e. The number of fused-ring (bicyclic) bond motifs is 1. The Morgan fingerprint density at radius 3 is 3.06 bits per heavy atom. The largest absolute Gasteiger partial charge is 0.341 e. The molecule has 0 radical (unpaired) electrons. The van der Waals surface area contributed by atoms with Crippen molar-refractivity contribution in [2.24, 2.45) is 5.92 Å². The normalized spacial score (nSPS) is 27.6. The number of hydrogen-bond donors (Lipinski definition) is 1. The van der Waals surface area contributed by atoms with E-state index in [0.29, 0.717) is 24.3 Å². The van der Waals surface area contributed by atoms with Crippen molar-refractivity contribution in [1.82, 2.24) is 10.2 Å². The highest BCUT2D eigenvalue weighted by Gasteiger charge is 2.35. The van der Waals surface area contributed by atoms with Crippen LogP contribution >= 0.6 is 0 Å². The summed E-state index contributed by atoms with van der Waals surface area (Å²) in [6.07, 6.45) is 11.1. The average molecular weight is 234 g/mol. The monoisotopic (exact) mass is 234 g/mol. The van der Waals surface area contributed by atoms with Crippen LogP contribution < -0.4 is 5.32 Å². The lowest BCUT2D eigenvalue weighted by Gasteiger charge is -2.24. The van der Waals surface area contributed by atoms with Crippen LogP contribution in [0.1, 0.15) is 38.5 Å². The first-order valence-corrected chi connectivity index (χ1v) is 6.76. The summed E-state index contributed by atoms with van der Waals surface area (Å²) >= 11 is 0. The van der Waals surface area contributed by atoms with Gasteiger partial charge < -0.3 is 10.2 Å². The van der Waals surface area contributed by atoms with E-state index in [9.17, 15) is 4.79 Å². The number of hydrogen-bond acceptors (Lipinski definition) is 2. The summed E-state index contributed by atoms with van der Waals surface area (Å²) in [4.78, 5) is 14.0. The molecular weight excluding hydrogens is 212 g/mol. The summed E-state index contributed by atoms with van der Waals surface area (Å²) in [5.74, 6) is 3.63. The SMILES string of the molecule is C#CCCCCC(=O)N1C[C@@H]2CCCN[C@@H]2C1. The number of likely N-dealkylation sites (tertiary alicyclic amines) is 1. The van der Waals surface area contributed by atoms with Crippen molar-refractivity contribution >= 4 is 5.91 Å². The van der Waals surface area contributed by atoms with Gasteiger partial charge in [-0.3, -0.25) is 4.79 Å². The third kappa shape index (κ3) is 3.23. The Hall–Kier alpha value is -1.01. The van der Waals surface area contributed by atoms with Crippen LogP contribution in [-0.2, 0) is 4.79 Å². The quantitative estimate of drug-likeness (QED) is 0.589. The Morgan fingerprint density at radius 1 is 1.41 bits per heavy atom. The molecule has 94 valence electrons. The number of nitrogens with one attached hydrogen (secondary N) is 1. The second-order valence-electron chi connectivity index (χ2n) is 5.17. The maximum Gasteiger partial charge on any atom is 0.222 e. The topological polar surface area (TPSA) is 32.3 Å². The molecular formula is C14H22N2O. The van der Waals surface area contributed by atoms with Crippen LogP contribution in [0.3, 0.4) is 0 Å². The molecule has 2 saturated heterocycles. The Kier molecular flexibility index (Phi) is 4.44. The average Bonchev–Trinajstić information content (AvgIpc) is 2.78. The maximum absolute atomic E-state index is 12.0. The van der Waals surface area contributed by atoms with Gasteiger partial charge in [-0.25, -0.2) is 0 Å². The van der Waals surface area contributed by atoms with Crippen LogP contribution in [0.2, 0.25) is 0 Å². The first-order chi connectivity index (χ1) is 8.31. The molecule has 2 rings (SSSR count). The zero-order chi connectivity index (χ0) is 12.1. The van der Waals surface area contributed by atoms with E-state index in [-0.39, 0.29) is 0 Å². The lowest BCUT2D eigenvalue weighted by Crippen LogP contribution is -2.41. The van der Waals surface area contributed by atoms with Gasteiger partial charge in [-0.2, -0.15) is 0 Å². The molecule has 0 unspecified atom stereocenters. The van der Waals surface area contributed by atoms with Crippen molar-refractivity contribution in [3.05, 3.63) is 0 Å². The molecule has 2 fully saturated rings. The summed E-state index contributed by atoms with van der Waals surface area (Å²) in [5, 5.41) is 3.52. The zero-order valence-corrected chi connectivity index (χ0v) is 10.5. The first kappa shape index (κ1) is 12.4. The zero-order valence-electron chi connectivity index (χ0n) is 10.5. The van der Waals surface area contributed by atoms with Crippen LogP contribution in [0.15, 0.2) is 0 Å². The number of nitrogens with zero attached hydrogens (tertiary/aromatic N) is 1. The minimum absolute atomic E-state index is 0.318. The third-order valence-corrected chi connectivity index (χ3v) is 3.91. The van der Waals surface area contributed by atoms with Crippen LogP contribution in [0.5, 0.6) is 0 Å². The van der Waals surface area contributed by atoms with Crippen LogP contribution in [-0.4, -0.2) is 36.5 Å². The van der Waals surface area contributed by atoms with Crippen molar-refractivity contribution in [2.75, 3.05) is 19.6 Å². The molecule has 2 aliphatic heterocycles. The molecule has 0 aromatic heterocycles. The maximum atomic E-state index is 12.0. The minimum atomic E-state index is 0.318. The fraction of sp³-hybridized carbons (Fsp3) is 0.786. The number of amides is 1. The van der Waals surface area contributed by atoms with E-state index in [1.54, 1.807) is 0 Å². The molecule has 2 atom stereocenters. The first-order valence-electron chi connectivity index (χ1n) is 6.76. The number of terminal acetylenes is 1. The third-order valence-electron chi connectivity index (χ3n) is 3.91. The van der Waals surface area contributed by atoms with Gasteiger partial charge in [0.2, 0.25) is 5.91 Å². The molecule has 2 heterocycles. The highest BCUT2D eigenvalue weighted by Crippen LogP contribution is 2.25. The van der Waals surface area contributed by atoms with E-state index in [0.717, 1.165) is 38.9 Å². The summed E-state index contributed by atoms with van der Waals surface area (Å²) in [6.45, 7) is 3.00. The van der Waals surface area contributed by atoms with E-state index in [2.05, 4.69) is 11.2 Å². The fourth-order valence-electron chi connectivity index (χ4n) is 2.91. The van der Waals surface area contributed by atoms with Gasteiger partial charge >= 0.3 is 0 Å². The Labute approximate surface area is 104 Å². The van der Waals surface area contributed by atoms with Crippen LogP contribution in [0.4, 0.5) is 0 Å². The van der Waals surface area contributed by atoms with E-state index in [1.807, 2.05) is 4.90 Å². The predicted molar refractivity (Wildman–Crippen MR) is 68.4 cm³/mol. The lowest BCUT2D eigenvalue weighted by molar-refractivity contribution is -0.130. The second kappa shape index (κ2) is 6.07. The standard InChI is InChI=1S/C14H22N2O/c1-2-3-4-5-8-14(17)16-10-12-7-6-9-15-13(12)11-16/h1,12-13,15H,3-11H2/t12-,13+/m0/s1. The Balaban J connectivity index is 1.72. The van der Waals surface area contributed by atoms with Gasteiger partial charge in [-0.1, -0.05) is 0 Å². The molecule has 0 saturated carbocycles. The predicted octanol–water partition coefficient (Wildman–Crippen LogP) is 1.39. The summed E-state index contributed by atoms with van der Waals surface area (Å²) in [6, 6.07) is 0.554. The fourth-order valence-corrected chi connectivity index (χ4v) is 2.91. The summed E-state index contributed by atoms with van der Waals surface area (Å²) in [7, 11) is 0. The molecule has 17 heavy (non-hydrogen) atoms. The molecule has 2 aliphatic rings. The van der Waals surface area contributed by atoms with Crippen LogP contribution in [0.25, 0.3) is 0 Å². The van der Waals surface area contributed by atoms with E-state index in [4.69, 9.17) is 6.42 Å². The van der Waals surface area contributed by atoms with Gasteiger partial charge in [0.15, 0.2) is 0 Å². The molecule has 1 amide bonds. The van der Waals surface area contributed by atoms with Crippen molar-refractivity contribution in [3.63, 3.8) is 0 Å². The number of carbonyl (C=O) groups is 1.